The number of hydrogen-bond acceptors (Lipinski definition) is 5. The Balaban J connectivity index is 1.80. The molecule has 0 fully saturated rings. The van der Waals surface area contributed by atoms with Gasteiger partial charge < -0.3 is 0 Å². The van der Waals surface area contributed by atoms with Crippen LogP contribution in [0.2, 0.25) is 0 Å². The van der Waals surface area contributed by atoms with E-state index in [1.54, 1.807) is 6.92 Å². The summed E-state index contributed by atoms with van der Waals surface area (Å²) in [5.41, 5.74) is 0.866. The maximum absolute atomic E-state index is 13.3. The van der Waals surface area contributed by atoms with Crippen molar-refractivity contribution in [1.29, 1.82) is 0 Å². The van der Waals surface area contributed by atoms with E-state index in [-0.39, 0.29) is 11.3 Å². The number of halogens is 2. The Bertz CT molecular complexity index is 870. The Morgan fingerprint density at radius 1 is 1.12 bits per heavy atom. The second kappa shape index (κ2) is 6.88. The molecule has 3 rings (SSSR count). The molecular formula is C16H12F2N4OS. The lowest BCUT2D eigenvalue weighted by Gasteiger charge is -2.10. The second-order valence-electron chi connectivity index (χ2n) is 4.96. The molecule has 3 aromatic rings. The van der Waals surface area contributed by atoms with Gasteiger partial charge in [0.2, 0.25) is 5.16 Å². The van der Waals surface area contributed by atoms with Crippen molar-refractivity contribution in [3.8, 4) is 5.69 Å². The fourth-order valence-electron chi connectivity index (χ4n) is 2.08. The van der Waals surface area contributed by atoms with Crippen LogP contribution in [0.15, 0.2) is 53.7 Å². The fourth-order valence-corrected chi connectivity index (χ4v) is 2.96. The lowest BCUT2D eigenvalue weighted by atomic mass is 10.1. The van der Waals surface area contributed by atoms with Gasteiger partial charge in [0, 0.05) is 5.56 Å². The van der Waals surface area contributed by atoms with Gasteiger partial charge in [-0.15, -0.1) is 5.10 Å². The number of ketones is 1. The summed E-state index contributed by atoms with van der Waals surface area (Å²) in [5, 5.41) is 11.3. The molecule has 122 valence electrons. The summed E-state index contributed by atoms with van der Waals surface area (Å²) in [6.07, 6.45) is 0. The van der Waals surface area contributed by atoms with Crippen molar-refractivity contribution in [1.82, 2.24) is 20.2 Å². The van der Waals surface area contributed by atoms with Crippen LogP contribution in [0.5, 0.6) is 0 Å². The largest absolute Gasteiger partial charge is 0.293 e. The van der Waals surface area contributed by atoms with Crippen LogP contribution in [-0.2, 0) is 0 Å². The predicted octanol–water partition coefficient (Wildman–Crippen LogP) is 3.30. The number of benzene rings is 2. The predicted molar refractivity (Wildman–Crippen MR) is 85.2 cm³/mol. The van der Waals surface area contributed by atoms with Crippen molar-refractivity contribution in [2.45, 2.75) is 17.3 Å². The van der Waals surface area contributed by atoms with Gasteiger partial charge in [0.1, 0.15) is 0 Å². The molecule has 1 atom stereocenters. The summed E-state index contributed by atoms with van der Waals surface area (Å²) in [4.78, 5) is 12.4. The third-order valence-corrected chi connectivity index (χ3v) is 4.33. The van der Waals surface area contributed by atoms with E-state index < -0.39 is 16.9 Å². The maximum atomic E-state index is 13.3. The van der Waals surface area contributed by atoms with E-state index in [1.165, 1.54) is 10.7 Å². The van der Waals surface area contributed by atoms with Gasteiger partial charge in [-0.2, -0.15) is 4.68 Å². The number of hydrogen-bond donors (Lipinski definition) is 0. The molecule has 0 N–H and O–H groups in total. The molecule has 0 saturated carbocycles. The van der Waals surface area contributed by atoms with Crippen molar-refractivity contribution in [3.63, 3.8) is 0 Å². The minimum Gasteiger partial charge on any atom is -0.293 e. The number of carbonyl (C=O) groups is 1. The first-order chi connectivity index (χ1) is 11.6. The Morgan fingerprint density at radius 3 is 2.58 bits per heavy atom. The molecule has 0 spiro atoms. The van der Waals surface area contributed by atoms with Gasteiger partial charge in [0.25, 0.3) is 0 Å². The molecule has 0 bridgehead atoms. The zero-order valence-electron chi connectivity index (χ0n) is 12.6. The minimum absolute atomic E-state index is 0.104. The third kappa shape index (κ3) is 3.33. The summed E-state index contributed by atoms with van der Waals surface area (Å²) in [6.45, 7) is 1.66. The summed E-state index contributed by atoms with van der Waals surface area (Å²) < 4.78 is 27.8. The molecule has 1 aromatic heterocycles. The monoisotopic (exact) mass is 346 g/mol. The summed E-state index contributed by atoms with van der Waals surface area (Å²) >= 11 is 1.15. The number of tetrazole rings is 1. The average molecular weight is 346 g/mol. The van der Waals surface area contributed by atoms with Crippen molar-refractivity contribution in [2.75, 3.05) is 0 Å². The molecule has 0 aliphatic rings. The summed E-state index contributed by atoms with van der Waals surface area (Å²) in [6, 6.07) is 12.3. The molecule has 0 amide bonds. The number of nitrogens with zero attached hydrogens (tertiary/aromatic N) is 4. The molecule has 0 saturated heterocycles. The average Bonchev–Trinajstić information content (AvgIpc) is 3.05. The van der Waals surface area contributed by atoms with Gasteiger partial charge in [0.15, 0.2) is 17.4 Å². The number of Topliss-reactive ketones (excluding diaryl/α,β-unsaturated/α-hetero) is 1. The number of aromatic nitrogens is 4. The number of thioether (sulfide) groups is 1. The van der Waals surface area contributed by atoms with Crippen LogP contribution in [0.25, 0.3) is 5.69 Å². The Labute approximate surface area is 140 Å². The lowest BCUT2D eigenvalue weighted by Crippen LogP contribution is -2.15. The van der Waals surface area contributed by atoms with E-state index in [9.17, 15) is 13.6 Å². The van der Waals surface area contributed by atoms with Gasteiger partial charge >= 0.3 is 0 Å². The molecule has 1 heterocycles. The maximum Gasteiger partial charge on any atom is 0.214 e. The van der Waals surface area contributed by atoms with Crippen LogP contribution in [0.1, 0.15) is 17.3 Å². The van der Waals surface area contributed by atoms with Crippen molar-refractivity contribution in [2.24, 2.45) is 0 Å². The topological polar surface area (TPSA) is 60.7 Å². The Hall–Kier alpha value is -2.61. The molecule has 0 radical (unpaired) electrons. The molecule has 2 aromatic carbocycles. The van der Waals surface area contributed by atoms with Gasteiger partial charge in [-0.05, 0) is 47.7 Å². The van der Waals surface area contributed by atoms with Crippen LogP contribution in [0.4, 0.5) is 8.78 Å². The molecule has 0 aliphatic heterocycles. The summed E-state index contributed by atoms with van der Waals surface area (Å²) in [5.74, 6) is -2.37. The standard InChI is InChI=1S/C16H12F2N4OS/c1-10(15(23)11-7-8-13(17)14(18)9-11)24-16-19-20-21-22(16)12-5-3-2-4-6-12/h2-10H,1H3/t10-/m1/s1. The first-order valence-corrected chi connectivity index (χ1v) is 7.94. The van der Waals surface area contributed by atoms with Crippen LogP contribution in [0, 0.1) is 11.6 Å². The van der Waals surface area contributed by atoms with Crippen LogP contribution in [0.3, 0.4) is 0 Å². The van der Waals surface area contributed by atoms with E-state index in [1.807, 2.05) is 30.3 Å². The minimum atomic E-state index is -1.05. The molecule has 0 unspecified atom stereocenters. The quantitative estimate of drug-likeness (QED) is 0.524. The summed E-state index contributed by atoms with van der Waals surface area (Å²) in [7, 11) is 0. The third-order valence-electron chi connectivity index (χ3n) is 3.30. The highest BCUT2D eigenvalue weighted by Gasteiger charge is 2.21. The molecule has 8 heteroatoms. The van der Waals surface area contributed by atoms with Gasteiger partial charge in [-0.25, -0.2) is 8.78 Å². The van der Waals surface area contributed by atoms with Crippen molar-refractivity contribution < 1.29 is 13.6 Å². The fraction of sp³-hybridized carbons (Fsp3) is 0.125. The highest BCUT2D eigenvalue weighted by atomic mass is 32.2. The first-order valence-electron chi connectivity index (χ1n) is 7.06. The van der Waals surface area contributed by atoms with E-state index in [0.717, 1.165) is 29.6 Å². The van der Waals surface area contributed by atoms with E-state index >= 15 is 0 Å². The van der Waals surface area contributed by atoms with E-state index in [2.05, 4.69) is 15.5 Å². The zero-order chi connectivity index (χ0) is 17.1. The van der Waals surface area contributed by atoms with Crippen LogP contribution < -0.4 is 0 Å². The Kier molecular flexibility index (Phi) is 4.66. The van der Waals surface area contributed by atoms with E-state index in [4.69, 9.17) is 0 Å². The first kappa shape index (κ1) is 16.3. The normalized spacial score (nSPS) is 12.1. The molecule has 24 heavy (non-hydrogen) atoms. The molecule has 5 nitrogen and oxygen atoms in total. The van der Waals surface area contributed by atoms with Crippen molar-refractivity contribution >= 4 is 17.5 Å². The highest BCUT2D eigenvalue weighted by Crippen LogP contribution is 2.25. The molecule has 0 aliphatic carbocycles. The van der Waals surface area contributed by atoms with Gasteiger partial charge in [-0.3, -0.25) is 4.79 Å². The van der Waals surface area contributed by atoms with Crippen LogP contribution in [-0.4, -0.2) is 31.2 Å². The van der Waals surface area contributed by atoms with Gasteiger partial charge in [0.05, 0.1) is 10.9 Å². The second-order valence-corrected chi connectivity index (χ2v) is 6.27. The number of rotatable bonds is 5. The molecular weight excluding hydrogens is 334 g/mol. The Morgan fingerprint density at radius 2 is 1.88 bits per heavy atom. The zero-order valence-corrected chi connectivity index (χ0v) is 13.4. The smallest absolute Gasteiger partial charge is 0.214 e. The van der Waals surface area contributed by atoms with Crippen LogP contribution >= 0.6 is 11.8 Å². The van der Waals surface area contributed by atoms with Gasteiger partial charge in [-0.1, -0.05) is 30.0 Å². The van der Waals surface area contributed by atoms with Crippen molar-refractivity contribution in [3.05, 3.63) is 65.7 Å². The number of para-hydroxylation sites is 1. The van der Waals surface area contributed by atoms with E-state index in [0.29, 0.717) is 5.16 Å². The SMILES string of the molecule is C[C@@H](Sc1nnnn1-c1ccccc1)C(=O)c1ccc(F)c(F)c1. The lowest BCUT2D eigenvalue weighted by molar-refractivity contribution is 0.0993. The number of carbonyl (C=O) groups excluding carboxylic acids is 1. The highest BCUT2D eigenvalue weighted by molar-refractivity contribution is 8.00.